The number of rotatable bonds is 4. The van der Waals surface area contributed by atoms with Crippen molar-refractivity contribution in [3.8, 4) is 0 Å². The predicted molar refractivity (Wildman–Crippen MR) is 102 cm³/mol. The van der Waals surface area contributed by atoms with E-state index in [-0.39, 0.29) is 18.2 Å². The molecule has 2 unspecified atom stereocenters. The van der Waals surface area contributed by atoms with Crippen LogP contribution in [0.4, 0.5) is 0 Å². The molecule has 0 radical (unpaired) electrons. The van der Waals surface area contributed by atoms with Gasteiger partial charge in [-0.2, -0.15) is 0 Å². The summed E-state index contributed by atoms with van der Waals surface area (Å²) in [7, 11) is 0. The van der Waals surface area contributed by atoms with E-state index in [2.05, 4.69) is 88.4 Å². The van der Waals surface area contributed by atoms with Crippen LogP contribution in [0.5, 0.6) is 0 Å². The number of hydrogen-bond donors (Lipinski definition) is 0. The summed E-state index contributed by atoms with van der Waals surface area (Å²) in [5.41, 5.74) is 5.82. The van der Waals surface area contributed by atoms with Crippen LogP contribution < -0.4 is 0 Å². The average Bonchev–Trinajstić information content (AvgIpc) is 3.24. The molecule has 0 spiro atoms. The van der Waals surface area contributed by atoms with E-state index in [1.54, 1.807) is 0 Å². The molecule has 0 nitrogen and oxygen atoms in total. The zero-order chi connectivity index (χ0) is 16.4. The normalized spacial score (nSPS) is 21.0. The van der Waals surface area contributed by atoms with Crippen LogP contribution in [0, 0.1) is 5.92 Å². The molecule has 2 aromatic rings. The van der Waals surface area contributed by atoms with Crippen LogP contribution in [-0.2, 0) is 18.2 Å². The first-order chi connectivity index (χ1) is 11.9. The summed E-state index contributed by atoms with van der Waals surface area (Å²) in [5.74, 6) is 1.68. The molecule has 0 amide bonds. The van der Waals surface area contributed by atoms with Gasteiger partial charge >= 0.3 is 153 Å². The van der Waals surface area contributed by atoms with Crippen molar-refractivity contribution in [2.24, 2.45) is 5.92 Å². The van der Waals surface area contributed by atoms with Gasteiger partial charge in [-0.15, -0.1) is 0 Å². The summed E-state index contributed by atoms with van der Waals surface area (Å²) < 4.78 is 4.95. The second-order valence-electron chi connectivity index (χ2n) is 6.59. The van der Waals surface area contributed by atoms with Gasteiger partial charge in [0.05, 0.1) is 0 Å². The molecule has 1 heteroatoms. The Labute approximate surface area is 152 Å². The van der Waals surface area contributed by atoms with Gasteiger partial charge in [0, 0.05) is 0 Å². The minimum atomic E-state index is -0.00279. The van der Waals surface area contributed by atoms with E-state index >= 15 is 0 Å². The summed E-state index contributed by atoms with van der Waals surface area (Å²) >= 11 is -0.00279. The van der Waals surface area contributed by atoms with Crippen molar-refractivity contribution in [1.82, 2.24) is 0 Å². The van der Waals surface area contributed by atoms with Crippen LogP contribution in [0.25, 0.3) is 12.2 Å². The molecule has 2 aromatic carbocycles. The summed E-state index contributed by atoms with van der Waals surface area (Å²) in [4.78, 5) is 0. The Morgan fingerprint density at radius 2 is 1.42 bits per heavy atom. The van der Waals surface area contributed by atoms with Gasteiger partial charge in [0.25, 0.3) is 0 Å². The minimum absolute atomic E-state index is 0.00279. The first-order valence-electron chi connectivity index (χ1n) is 8.78. The molecule has 0 heterocycles. The van der Waals surface area contributed by atoms with Crippen molar-refractivity contribution in [2.75, 3.05) is 0 Å². The molecule has 2 aliphatic carbocycles. The standard InChI is InChI=1S/C21H18.C2H4.Ti/c1-2-17(20-13-11-15-7-3-5-9-18(15)20)21-14-12-16-8-4-6-10-19(16)21;1-2;/h1,3-14,17,20-21H,2H2;1H,2H3;. The Kier molecular flexibility index (Phi) is 4.69. The van der Waals surface area contributed by atoms with Crippen LogP contribution >= 0.6 is 0 Å². The van der Waals surface area contributed by atoms with E-state index in [9.17, 15) is 0 Å². The fourth-order valence-electron chi connectivity index (χ4n) is 4.14. The Morgan fingerprint density at radius 3 is 1.96 bits per heavy atom. The quantitative estimate of drug-likeness (QED) is 0.657. The van der Waals surface area contributed by atoms with E-state index < -0.39 is 0 Å². The monoisotopic (exact) mass is 346 g/mol. The van der Waals surface area contributed by atoms with Gasteiger partial charge < -0.3 is 0 Å². The zero-order valence-electron chi connectivity index (χ0n) is 14.0. The molecule has 24 heavy (non-hydrogen) atoms. The van der Waals surface area contributed by atoms with E-state index in [0.29, 0.717) is 17.8 Å². The maximum atomic E-state index is 2.58. The number of fused-ring (bicyclic) bond motifs is 2. The fourth-order valence-corrected chi connectivity index (χ4v) is 5.15. The van der Waals surface area contributed by atoms with Crippen LogP contribution in [0.1, 0.15) is 47.4 Å². The summed E-state index contributed by atoms with van der Waals surface area (Å²) in [5, 5.41) is 0. The van der Waals surface area contributed by atoms with Gasteiger partial charge in [-0.3, -0.25) is 0 Å². The van der Waals surface area contributed by atoms with Crippen LogP contribution in [-0.4, -0.2) is 8.63 Å². The van der Waals surface area contributed by atoms with Crippen LogP contribution in [0.2, 0.25) is 0 Å². The first kappa shape index (κ1) is 15.9. The van der Waals surface area contributed by atoms with E-state index in [1.165, 1.54) is 28.7 Å². The van der Waals surface area contributed by atoms with E-state index in [4.69, 9.17) is 0 Å². The van der Waals surface area contributed by atoms with Gasteiger partial charge in [0.15, 0.2) is 0 Å². The van der Waals surface area contributed by atoms with Crippen molar-refractivity contribution >= 4 is 20.8 Å². The second kappa shape index (κ2) is 7.09. The Hall–Kier alpha value is -1.63. The molecular formula is C23H22Ti. The average molecular weight is 346 g/mol. The molecule has 0 saturated heterocycles. The third kappa shape index (κ3) is 2.90. The van der Waals surface area contributed by atoms with E-state index in [0.717, 1.165) is 0 Å². The summed E-state index contributed by atoms with van der Waals surface area (Å²) in [6.07, 6.45) is 10.7. The Balaban J connectivity index is 1.73. The fraction of sp³-hybridized carbons (Fsp3) is 0.217. The molecule has 118 valence electrons. The molecule has 0 bridgehead atoms. The molecule has 0 aromatic heterocycles. The van der Waals surface area contributed by atoms with Crippen LogP contribution in [0.3, 0.4) is 0 Å². The number of hydrogen-bond acceptors (Lipinski definition) is 0. The van der Waals surface area contributed by atoms with Crippen molar-refractivity contribution in [2.45, 2.75) is 25.2 Å². The molecular weight excluding hydrogens is 324 g/mol. The molecule has 0 aliphatic heterocycles. The Bertz CT molecular complexity index is 804. The molecule has 0 N–H and O–H groups in total. The molecule has 2 aliphatic rings. The van der Waals surface area contributed by atoms with Gasteiger partial charge in [-0.25, -0.2) is 0 Å². The Morgan fingerprint density at radius 1 is 0.875 bits per heavy atom. The molecule has 2 atom stereocenters. The predicted octanol–water partition coefficient (Wildman–Crippen LogP) is 5.32. The van der Waals surface area contributed by atoms with Crippen molar-refractivity contribution < 1.29 is 18.2 Å². The van der Waals surface area contributed by atoms with Gasteiger partial charge in [-0.05, 0) is 0 Å². The van der Waals surface area contributed by atoms with Gasteiger partial charge in [0.2, 0.25) is 0 Å². The van der Waals surface area contributed by atoms with Gasteiger partial charge in [0.1, 0.15) is 0 Å². The summed E-state index contributed by atoms with van der Waals surface area (Å²) in [6.45, 7) is 2.20. The SMILES string of the molecule is C[CH]=[Ti]=[CH]CC(C1C=Cc2ccccc21)C1C=Cc2ccccc21. The molecule has 0 saturated carbocycles. The van der Waals surface area contributed by atoms with Crippen molar-refractivity contribution in [3.05, 3.63) is 82.9 Å². The molecule has 4 rings (SSSR count). The third-order valence-electron chi connectivity index (χ3n) is 5.27. The van der Waals surface area contributed by atoms with E-state index in [1.807, 2.05) is 0 Å². The first-order valence-corrected chi connectivity index (χ1v) is 10.6. The zero-order valence-corrected chi connectivity index (χ0v) is 15.6. The number of allylic oxidation sites excluding steroid dienone is 2. The second-order valence-corrected chi connectivity index (χ2v) is 8.65. The topological polar surface area (TPSA) is 0 Å². The third-order valence-corrected chi connectivity index (χ3v) is 6.53. The maximum absolute atomic E-state index is 2.58. The summed E-state index contributed by atoms with van der Waals surface area (Å²) in [6, 6.07) is 17.8. The van der Waals surface area contributed by atoms with Crippen molar-refractivity contribution in [1.29, 1.82) is 0 Å². The van der Waals surface area contributed by atoms with Gasteiger partial charge in [-0.1, -0.05) is 0 Å². The number of benzene rings is 2. The van der Waals surface area contributed by atoms with Crippen molar-refractivity contribution in [3.63, 3.8) is 0 Å². The van der Waals surface area contributed by atoms with Crippen LogP contribution in [0.15, 0.2) is 60.7 Å². The molecule has 0 fully saturated rings.